The molecule has 0 aromatic rings. The number of aliphatic hydroxyl groups excluding tert-OH is 1. The number of hydrogen-bond donors (Lipinski definition) is 1. The molecule has 0 aromatic carbocycles. The summed E-state index contributed by atoms with van der Waals surface area (Å²) in [6.07, 6.45) is 1.55. The molecule has 0 aromatic heterocycles. The van der Waals surface area contributed by atoms with Gasteiger partial charge < -0.3 is 14.7 Å². The highest BCUT2D eigenvalue weighted by molar-refractivity contribution is 4.43. The van der Waals surface area contributed by atoms with Crippen LogP contribution in [0.2, 0.25) is 0 Å². The predicted octanol–water partition coefficient (Wildman–Crippen LogP) is 2.49. The summed E-state index contributed by atoms with van der Waals surface area (Å²) in [6, 6.07) is 0. The van der Waals surface area contributed by atoms with E-state index in [1.54, 1.807) is 6.92 Å². The Morgan fingerprint density at radius 1 is 1.07 bits per heavy atom. The molecule has 0 heterocycles. The zero-order chi connectivity index (χ0) is 12.1. The Labute approximate surface area is 95.4 Å². The monoisotopic (exact) mass is 219 g/mol. The van der Waals surface area contributed by atoms with Crippen LogP contribution in [0.5, 0.6) is 0 Å². The van der Waals surface area contributed by atoms with E-state index < -0.39 is 6.29 Å². The molecule has 3 heteroatoms. The lowest BCUT2D eigenvalue weighted by Crippen LogP contribution is -2.21. The average molecular weight is 219 g/mol. The van der Waals surface area contributed by atoms with Crippen molar-refractivity contribution in [1.82, 2.24) is 4.90 Å². The van der Waals surface area contributed by atoms with Crippen molar-refractivity contribution in [3.8, 4) is 0 Å². The van der Waals surface area contributed by atoms with Crippen molar-refractivity contribution in [2.45, 2.75) is 53.8 Å². The minimum Gasteiger partial charge on any atom is -0.368 e. The van der Waals surface area contributed by atoms with Gasteiger partial charge in [-0.2, -0.15) is 0 Å². The molecule has 0 spiro atoms. The Balaban J connectivity index is 0. The van der Waals surface area contributed by atoms with E-state index in [2.05, 4.69) is 32.6 Å². The molecule has 1 N–H and O–H groups in total. The Bertz CT molecular complexity index is 98.3. The Morgan fingerprint density at radius 3 is 1.73 bits per heavy atom. The molecular formula is C12H29NO2. The highest BCUT2D eigenvalue weighted by Gasteiger charge is 1.90. The van der Waals surface area contributed by atoms with Gasteiger partial charge in [0.1, 0.15) is 0 Å². The maximum Gasteiger partial charge on any atom is 0.151 e. The summed E-state index contributed by atoms with van der Waals surface area (Å²) in [5.41, 5.74) is 0. The Hall–Kier alpha value is -0.120. The first-order valence-electron chi connectivity index (χ1n) is 6.14. The SMILES string of the molecule is CCCCOC(C)O.CCN(CC)CC. The zero-order valence-corrected chi connectivity index (χ0v) is 11.1. The Morgan fingerprint density at radius 2 is 1.53 bits per heavy atom. The summed E-state index contributed by atoms with van der Waals surface area (Å²) in [5, 5.41) is 8.56. The van der Waals surface area contributed by atoms with E-state index in [0.717, 1.165) is 12.8 Å². The molecule has 15 heavy (non-hydrogen) atoms. The van der Waals surface area contributed by atoms with Gasteiger partial charge in [-0.05, 0) is 33.0 Å². The van der Waals surface area contributed by atoms with E-state index in [0.29, 0.717) is 6.61 Å². The number of rotatable bonds is 7. The molecule has 0 rings (SSSR count). The third-order valence-electron chi connectivity index (χ3n) is 2.20. The summed E-state index contributed by atoms with van der Waals surface area (Å²) in [7, 11) is 0. The lowest BCUT2D eigenvalue weighted by Gasteiger charge is -2.13. The molecule has 94 valence electrons. The van der Waals surface area contributed by atoms with Gasteiger partial charge in [0, 0.05) is 6.61 Å². The van der Waals surface area contributed by atoms with Crippen molar-refractivity contribution in [3.05, 3.63) is 0 Å². The van der Waals surface area contributed by atoms with Gasteiger partial charge in [0.25, 0.3) is 0 Å². The molecule has 1 unspecified atom stereocenters. The van der Waals surface area contributed by atoms with Crippen LogP contribution in [0.25, 0.3) is 0 Å². The molecule has 3 nitrogen and oxygen atoms in total. The van der Waals surface area contributed by atoms with Crippen LogP contribution in [0.1, 0.15) is 47.5 Å². The summed E-state index contributed by atoms with van der Waals surface area (Å²) in [5.74, 6) is 0. The van der Waals surface area contributed by atoms with Crippen LogP contribution < -0.4 is 0 Å². The molecule has 0 aliphatic heterocycles. The van der Waals surface area contributed by atoms with E-state index in [1.165, 1.54) is 19.6 Å². The Kier molecular flexibility index (Phi) is 16.0. The van der Waals surface area contributed by atoms with E-state index in [1.807, 2.05) is 0 Å². The van der Waals surface area contributed by atoms with Crippen LogP contribution in [0.3, 0.4) is 0 Å². The third-order valence-corrected chi connectivity index (χ3v) is 2.20. The van der Waals surface area contributed by atoms with Gasteiger partial charge in [-0.15, -0.1) is 0 Å². The van der Waals surface area contributed by atoms with E-state index in [9.17, 15) is 0 Å². The van der Waals surface area contributed by atoms with Crippen LogP contribution in [-0.4, -0.2) is 42.5 Å². The molecule has 0 amide bonds. The van der Waals surface area contributed by atoms with Crippen LogP contribution in [0.4, 0.5) is 0 Å². The maximum atomic E-state index is 8.56. The van der Waals surface area contributed by atoms with Crippen LogP contribution in [-0.2, 0) is 4.74 Å². The molecule has 0 radical (unpaired) electrons. The first-order valence-corrected chi connectivity index (χ1v) is 6.14. The van der Waals surface area contributed by atoms with Crippen LogP contribution in [0, 0.1) is 0 Å². The maximum absolute atomic E-state index is 8.56. The number of ether oxygens (including phenoxy) is 1. The molecule has 0 aliphatic carbocycles. The van der Waals surface area contributed by atoms with Crippen molar-refractivity contribution in [2.24, 2.45) is 0 Å². The molecular weight excluding hydrogens is 190 g/mol. The van der Waals surface area contributed by atoms with Gasteiger partial charge >= 0.3 is 0 Å². The summed E-state index contributed by atoms with van der Waals surface area (Å²) in [4.78, 5) is 2.38. The predicted molar refractivity (Wildman–Crippen MR) is 66.0 cm³/mol. The second-order valence-corrected chi connectivity index (χ2v) is 3.44. The highest BCUT2D eigenvalue weighted by Crippen LogP contribution is 1.90. The zero-order valence-electron chi connectivity index (χ0n) is 11.1. The number of hydrogen-bond acceptors (Lipinski definition) is 3. The quantitative estimate of drug-likeness (QED) is 0.527. The molecule has 0 aliphatic rings. The highest BCUT2D eigenvalue weighted by atomic mass is 16.6. The van der Waals surface area contributed by atoms with Gasteiger partial charge in [0.2, 0.25) is 0 Å². The van der Waals surface area contributed by atoms with Crippen molar-refractivity contribution in [1.29, 1.82) is 0 Å². The topological polar surface area (TPSA) is 32.7 Å². The second-order valence-electron chi connectivity index (χ2n) is 3.44. The number of aliphatic hydroxyl groups is 1. The van der Waals surface area contributed by atoms with E-state index in [4.69, 9.17) is 9.84 Å². The molecule has 1 atom stereocenters. The minimum atomic E-state index is -0.596. The smallest absolute Gasteiger partial charge is 0.151 e. The first-order chi connectivity index (χ1) is 7.12. The van der Waals surface area contributed by atoms with Gasteiger partial charge in [0.05, 0.1) is 0 Å². The first kappa shape index (κ1) is 17.3. The van der Waals surface area contributed by atoms with E-state index >= 15 is 0 Å². The van der Waals surface area contributed by atoms with Gasteiger partial charge in [0.15, 0.2) is 6.29 Å². The van der Waals surface area contributed by atoms with E-state index in [-0.39, 0.29) is 0 Å². The fourth-order valence-corrected chi connectivity index (χ4v) is 1.07. The summed E-state index contributed by atoms with van der Waals surface area (Å²) >= 11 is 0. The van der Waals surface area contributed by atoms with Crippen LogP contribution >= 0.6 is 0 Å². The van der Waals surface area contributed by atoms with Crippen LogP contribution in [0.15, 0.2) is 0 Å². The van der Waals surface area contributed by atoms with Crippen molar-refractivity contribution < 1.29 is 9.84 Å². The fraction of sp³-hybridized carbons (Fsp3) is 1.00. The van der Waals surface area contributed by atoms with Crippen molar-refractivity contribution in [2.75, 3.05) is 26.2 Å². The number of nitrogens with zero attached hydrogens (tertiary/aromatic N) is 1. The van der Waals surface area contributed by atoms with Gasteiger partial charge in [-0.25, -0.2) is 0 Å². The lowest BCUT2D eigenvalue weighted by molar-refractivity contribution is -0.0856. The molecule has 0 saturated heterocycles. The largest absolute Gasteiger partial charge is 0.368 e. The molecule has 0 saturated carbocycles. The van der Waals surface area contributed by atoms with Crippen molar-refractivity contribution in [3.63, 3.8) is 0 Å². The third kappa shape index (κ3) is 16.5. The number of unbranched alkanes of at least 4 members (excludes halogenated alkanes) is 1. The fourth-order valence-electron chi connectivity index (χ4n) is 1.07. The minimum absolute atomic E-state index is 0.596. The van der Waals surface area contributed by atoms with Gasteiger partial charge in [-0.3, -0.25) is 0 Å². The standard InChI is InChI=1S/C6H15N.C6H14O2/c1-4-7(5-2)6-3;1-3-4-5-8-6(2)7/h4-6H2,1-3H3;6-7H,3-5H2,1-2H3. The summed E-state index contributed by atoms with van der Waals surface area (Å²) < 4.78 is 4.84. The van der Waals surface area contributed by atoms with Gasteiger partial charge in [-0.1, -0.05) is 34.1 Å². The second kappa shape index (κ2) is 13.9. The molecule has 0 bridgehead atoms. The molecule has 0 fully saturated rings. The average Bonchev–Trinajstić information content (AvgIpc) is 2.21. The normalized spacial score (nSPS) is 12.2. The summed E-state index contributed by atoms with van der Waals surface area (Å²) in [6.45, 7) is 14.5. The van der Waals surface area contributed by atoms with Crippen molar-refractivity contribution >= 4 is 0 Å². The lowest BCUT2D eigenvalue weighted by atomic mass is 10.4.